The van der Waals surface area contributed by atoms with Gasteiger partial charge in [-0.05, 0) is 65.6 Å². The molecule has 2 aromatic carbocycles. The smallest absolute Gasteiger partial charge is 0.481 e. The van der Waals surface area contributed by atoms with E-state index < -0.39 is 55.6 Å². The molecule has 14 heteroatoms. The highest BCUT2D eigenvalue weighted by molar-refractivity contribution is 6.62. The zero-order chi connectivity index (χ0) is 29.6. The van der Waals surface area contributed by atoms with Gasteiger partial charge in [0, 0.05) is 23.7 Å². The third-order valence-corrected chi connectivity index (χ3v) is 8.76. The maximum absolute atomic E-state index is 13.8. The zero-order valence-corrected chi connectivity index (χ0v) is 22.9. The monoisotopic (exact) mass is 575 g/mol. The summed E-state index contributed by atoms with van der Waals surface area (Å²) in [5.41, 5.74) is 2.25. The molecule has 3 aliphatic heterocycles. The van der Waals surface area contributed by atoms with Crippen LogP contribution in [0.2, 0.25) is 0 Å². The second-order valence-corrected chi connectivity index (χ2v) is 11.6. The minimum absolute atomic E-state index is 0.0431. The van der Waals surface area contributed by atoms with Crippen molar-refractivity contribution in [3.63, 3.8) is 0 Å². The first-order valence-electron chi connectivity index (χ1n) is 14.1. The summed E-state index contributed by atoms with van der Waals surface area (Å²) in [4.78, 5) is 53.7. The third kappa shape index (κ3) is 5.42. The lowest BCUT2D eigenvalue weighted by Crippen LogP contribution is -2.54. The van der Waals surface area contributed by atoms with E-state index >= 15 is 0 Å². The lowest BCUT2D eigenvalue weighted by atomic mass is 9.78. The van der Waals surface area contributed by atoms with Gasteiger partial charge < -0.3 is 40.0 Å². The van der Waals surface area contributed by atoms with E-state index in [1.807, 2.05) is 0 Å². The molecule has 218 valence electrons. The first-order valence-corrected chi connectivity index (χ1v) is 14.1. The Morgan fingerprint density at radius 1 is 0.929 bits per heavy atom. The normalized spacial score (nSPS) is 22.2. The molecular weight excluding hydrogens is 544 g/mol. The molecule has 3 heterocycles. The Hall–Kier alpha value is -3.71. The van der Waals surface area contributed by atoms with Gasteiger partial charge in [-0.25, -0.2) is 0 Å². The van der Waals surface area contributed by atoms with Gasteiger partial charge in [-0.1, -0.05) is 25.0 Å². The van der Waals surface area contributed by atoms with E-state index in [0.29, 0.717) is 29.3 Å². The molecule has 2 atom stereocenters. The van der Waals surface area contributed by atoms with E-state index in [4.69, 9.17) is 9.31 Å². The quantitative estimate of drug-likeness (QED) is 0.261. The fourth-order valence-electron chi connectivity index (χ4n) is 6.58. The number of benzene rings is 2. The summed E-state index contributed by atoms with van der Waals surface area (Å²) < 4.78 is 10.5. The van der Waals surface area contributed by atoms with Crippen LogP contribution in [0.25, 0.3) is 0 Å². The minimum Gasteiger partial charge on any atom is -0.481 e. The molecule has 5 N–H and O–H groups in total. The van der Waals surface area contributed by atoms with Crippen LogP contribution in [0.4, 0.5) is 0 Å². The molecular formula is C28H31B2N3O9. The number of amides is 3. The summed E-state index contributed by atoms with van der Waals surface area (Å²) in [6.07, 6.45) is 2.56. The van der Waals surface area contributed by atoms with Crippen LogP contribution in [0.15, 0.2) is 36.4 Å². The van der Waals surface area contributed by atoms with Crippen LogP contribution in [0.5, 0.6) is 0 Å². The fourth-order valence-corrected chi connectivity index (χ4v) is 6.58. The molecule has 12 nitrogen and oxygen atoms in total. The van der Waals surface area contributed by atoms with Crippen molar-refractivity contribution in [3.05, 3.63) is 58.7 Å². The number of nitrogens with one attached hydrogen (secondary N) is 2. The number of rotatable bonds is 7. The number of likely N-dealkylation sites (tertiary alicyclic amines) is 1. The fraction of sp³-hybridized carbons (Fsp3) is 0.429. The standard InChI is InChI=1S/C28H31B2N3O9/c34-24(35)12-28(7-1-2-8-28)32-26(37)23-11-20(31-25(36)16-3-5-18-14-41-29(39)21(18)9-16)13-33(23)27(38)17-4-6-19-15-42-30(40)22(19)10-17/h3-6,9-10,20,23,39-40H,1-2,7-8,11-15H2,(H,31,36)(H,32,37)(H,34,35)/t20?,23-/m0/s1. The van der Waals surface area contributed by atoms with Crippen molar-refractivity contribution in [2.45, 2.75) is 69.4 Å². The van der Waals surface area contributed by atoms with Crippen LogP contribution in [-0.2, 0) is 32.1 Å². The summed E-state index contributed by atoms with van der Waals surface area (Å²) in [6.45, 7) is 0.525. The second-order valence-electron chi connectivity index (χ2n) is 11.6. The average molecular weight is 575 g/mol. The third-order valence-electron chi connectivity index (χ3n) is 8.76. The van der Waals surface area contributed by atoms with Gasteiger partial charge in [0.1, 0.15) is 6.04 Å². The summed E-state index contributed by atoms with van der Waals surface area (Å²) in [5.74, 6) is -2.35. The lowest BCUT2D eigenvalue weighted by molar-refractivity contribution is -0.139. The van der Waals surface area contributed by atoms with Gasteiger partial charge in [0.25, 0.3) is 11.8 Å². The Bertz CT molecular complexity index is 1450. The first kappa shape index (κ1) is 28.4. The SMILES string of the molecule is O=C(O)CC1(NC(=O)[C@@H]2CC(NC(=O)c3ccc4c(c3)B(O)OC4)CN2C(=O)c2ccc3c(c2)B(O)OC3)CCCC1. The predicted molar refractivity (Wildman–Crippen MR) is 150 cm³/mol. The molecule has 1 unspecified atom stereocenters. The van der Waals surface area contributed by atoms with Crippen molar-refractivity contribution in [2.24, 2.45) is 0 Å². The summed E-state index contributed by atoms with van der Waals surface area (Å²) >= 11 is 0. The van der Waals surface area contributed by atoms with Crippen LogP contribution in [0.1, 0.15) is 70.4 Å². The van der Waals surface area contributed by atoms with Crippen LogP contribution < -0.4 is 21.6 Å². The van der Waals surface area contributed by atoms with Gasteiger partial charge in [0.2, 0.25) is 5.91 Å². The summed E-state index contributed by atoms with van der Waals surface area (Å²) in [6, 6.07) is 8.25. The van der Waals surface area contributed by atoms with E-state index in [1.165, 1.54) is 4.90 Å². The molecule has 2 aromatic rings. The number of fused-ring (bicyclic) bond motifs is 2. The van der Waals surface area contributed by atoms with E-state index in [2.05, 4.69) is 10.6 Å². The number of carbonyl (C=O) groups excluding carboxylic acids is 3. The molecule has 1 saturated carbocycles. The van der Waals surface area contributed by atoms with Crippen molar-refractivity contribution in [2.75, 3.05) is 6.54 Å². The molecule has 0 aromatic heterocycles. The topological polar surface area (TPSA) is 175 Å². The van der Waals surface area contributed by atoms with E-state index in [9.17, 15) is 34.3 Å². The molecule has 4 aliphatic rings. The Morgan fingerprint density at radius 3 is 2.14 bits per heavy atom. The predicted octanol–water partition coefficient (Wildman–Crippen LogP) is -0.961. The molecule has 42 heavy (non-hydrogen) atoms. The number of hydrogen-bond donors (Lipinski definition) is 5. The van der Waals surface area contributed by atoms with Gasteiger partial charge in [-0.15, -0.1) is 0 Å². The maximum atomic E-state index is 13.8. The highest BCUT2D eigenvalue weighted by Gasteiger charge is 2.45. The Morgan fingerprint density at radius 2 is 1.52 bits per heavy atom. The van der Waals surface area contributed by atoms with Crippen molar-refractivity contribution in [3.8, 4) is 0 Å². The molecule has 6 rings (SSSR count). The largest absolute Gasteiger partial charge is 0.491 e. The number of carboxylic acids is 1. The van der Waals surface area contributed by atoms with Crippen LogP contribution in [0.3, 0.4) is 0 Å². The van der Waals surface area contributed by atoms with Crippen LogP contribution in [-0.4, -0.2) is 82.1 Å². The second kappa shape index (κ2) is 11.2. The molecule has 0 spiro atoms. The number of nitrogens with zero attached hydrogens (tertiary/aromatic N) is 1. The molecule has 3 amide bonds. The number of carbonyl (C=O) groups is 4. The summed E-state index contributed by atoms with van der Waals surface area (Å²) in [7, 11) is -2.25. The Balaban J connectivity index is 1.24. The lowest BCUT2D eigenvalue weighted by Gasteiger charge is -2.32. The Labute approximate surface area is 242 Å². The number of carboxylic acid groups (broad SMARTS) is 1. The van der Waals surface area contributed by atoms with E-state index in [0.717, 1.165) is 24.0 Å². The highest BCUT2D eigenvalue weighted by Crippen LogP contribution is 2.34. The molecule has 0 bridgehead atoms. The van der Waals surface area contributed by atoms with Gasteiger partial charge in [-0.2, -0.15) is 0 Å². The van der Waals surface area contributed by atoms with Gasteiger partial charge >= 0.3 is 20.2 Å². The van der Waals surface area contributed by atoms with Gasteiger partial charge in [-0.3, -0.25) is 19.2 Å². The summed E-state index contributed by atoms with van der Waals surface area (Å²) in [5, 5.41) is 35.6. The van der Waals surface area contributed by atoms with Crippen LogP contribution >= 0.6 is 0 Å². The van der Waals surface area contributed by atoms with Crippen molar-refractivity contribution < 1.29 is 43.6 Å². The minimum atomic E-state index is -1.15. The zero-order valence-electron chi connectivity index (χ0n) is 22.9. The molecule has 0 radical (unpaired) electrons. The number of hydrogen-bond acceptors (Lipinski definition) is 8. The first-order chi connectivity index (χ1) is 20.1. The van der Waals surface area contributed by atoms with E-state index in [-0.39, 0.29) is 38.2 Å². The maximum Gasteiger partial charge on any atom is 0.491 e. The molecule has 1 aliphatic carbocycles. The average Bonchev–Trinajstić information content (AvgIpc) is 3.75. The molecule has 1 saturated heterocycles. The van der Waals surface area contributed by atoms with Crippen LogP contribution in [0, 0.1) is 0 Å². The number of aliphatic carboxylic acids is 1. The Kier molecular flexibility index (Phi) is 7.56. The highest BCUT2D eigenvalue weighted by atomic mass is 16.5. The van der Waals surface area contributed by atoms with Crippen molar-refractivity contribution in [1.82, 2.24) is 15.5 Å². The molecule has 2 fully saturated rings. The van der Waals surface area contributed by atoms with Crippen molar-refractivity contribution in [1.29, 1.82) is 0 Å². The van der Waals surface area contributed by atoms with Crippen molar-refractivity contribution >= 4 is 48.9 Å². The van der Waals surface area contributed by atoms with Gasteiger partial charge in [0.15, 0.2) is 0 Å². The van der Waals surface area contributed by atoms with E-state index in [1.54, 1.807) is 36.4 Å². The van der Waals surface area contributed by atoms with Gasteiger partial charge in [0.05, 0.1) is 25.2 Å².